The first kappa shape index (κ1) is 15.5. The van der Waals surface area contributed by atoms with Crippen LogP contribution in [-0.4, -0.2) is 38.4 Å². The van der Waals surface area contributed by atoms with Crippen molar-refractivity contribution in [1.82, 2.24) is 0 Å². The lowest BCUT2D eigenvalue weighted by Gasteiger charge is -2.19. The Hall–Kier alpha value is -1.88. The molecule has 1 heterocycles. The molecule has 2 rings (SSSR count). The summed E-state index contributed by atoms with van der Waals surface area (Å²) in [5, 5.41) is 3.99. The molecule has 0 aromatic heterocycles. The van der Waals surface area contributed by atoms with Crippen LogP contribution in [0.4, 0.5) is 0 Å². The molecule has 0 spiro atoms. The van der Waals surface area contributed by atoms with Gasteiger partial charge in [0.15, 0.2) is 0 Å². The maximum atomic E-state index is 11.9. The van der Waals surface area contributed by atoms with Crippen LogP contribution < -0.4 is 9.64 Å². The molecule has 0 aliphatic carbocycles. The zero-order chi connectivity index (χ0) is 15.1. The van der Waals surface area contributed by atoms with E-state index in [2.05, 4.69) is 19.1 Å². The highest BCUT2D eigenvalue weighted by atomic mass is 16.7. The van der Waals surface area contributed by atoms with E-state index in [0.29, 0.717) is 12.2 Å². The Kier molecular flexibility index (Phi) is 5.75. The van der Waals surface area contributed by atoms with Gasteiger partial charge in [0.25, 0.3) is 0 Å². The van der Waals surface area contributed by atoms with Crippen LogP contribution >= 0.6 is 0 Å². The van der Waals surface area contributed by atoms with E-state index in [4.69, 9.17) is 9.57 Å². The third-order valence-electron chi connectivity index (χ3n) is 3.50. The number of likely N-dealkylation sites (tertiary alicyclic amines) is 1. The zero-order valence-electron chi connectivity index (χ0n) is 12.7. The normalized spacial score (nSPS) is 18.2. The van der Waals surface area contributed by atoms with Crippen LogP contribution in [0, 0.1) is 0 Å². The minimum atomic E-state index is -0.421. The molecule has 0 bridgehead atoms. The van der Waals surface area contributed by atoms with E-state index in [1.54, 1.807) is 24.3 Å². The van der Waals surface area contributed by atoms with Crippen LogP contribution in [0.3, 0.4) is 0 Å². The van der Waals surface area contributed by atoms with Gasteiger partial charge in [0.05, 0.1) is 38.0 Å². The Morgan fingerprint density at radius 1 is 1.24 bits per heavy atom. The predicted octanol–water partition coefficient (Wildman–Crippen LogP) is 1.30. The minimum Gasteiger partial charge on any atom is -0.494 e. The molecule has 1 aromatic rings. The van der Waals surface area contributed by atoms with E-state index in [1.165, 1.54) is 4.90 Å². The summed E-state index contributed by atoms with van der Waals surface area (Å²) < 4.78 is 5.47. The van der Waals surface area contributed by atoms with Crippen LogP contribution in [-0.2, 0) is 4.84 Å². The van der Waals surface area contributed by atoms with Crippen molar-refractivity contribution in [1.29, 1.82) is 0 Å². The van der Waals surface area contributed by atoms with Crippen LogP contribution in [0.1, 0.15) is 36.5 Å². The summed E-state index contributed by atoms with van der Waals surface area (Å²) in [6.45, 7) is 4.81. The standard InChI is InChI=1S/C16H22N2O3/c1-3-12-20-15-6-4-13(5-7-15)16(19)21-17-14-8-10-18(2)11-9-14/h4-7H,3,8-12H2,1-2H3/p+1. The van der Waals surface area contributed by atoms with Crippen molar-refractivity contribution in [3.05, 3.63) is 29.8 Å². The second kappa shape index (κ2) is 7.78. The molecular weight excluding hydrogens is 268 g/mol. The van der Waals surface area contributed by atoms with Crippen LogP contribution in [0.5, 0.6) is 5.75 Å². The lowest BCUT2D eigenvalue weighted by molar-refractivity contribution is -0.880. The molecule has 5 nitrogen and oxygen atoms in total. The molecule has 1 saturated heterocycles. The largest absolute Gasteiger partial charge is 0.494 e. The van der Waals surface area contributed by atoms with E-state index < -0.39 is 5.97 Å². The molecular formula is C16H23N2O3+. The van der Waals surface area contributed by atoms with E-state index in [-0.39, 0.29) is 0 Å². The van der Waals surface area contributed by atoms with E-state index in [1.807, 2.05) is 0 Å². The van der Waals surface area contributed by atoms with E-state index in [0.717, 1.165) is 43.8 Å². The maximum Gasteiger partial charge on any atom is 0.365 e. The number of nitrogens with one attached hydrogen (secondary N) is 1. The molecule has 5 heteroatoms. The third-order valence-corrected chi connectivity index (χ3v) is 3.50. The molecule has 1 fully saturated rings. The second-order valence-corrected chi connectivity index (χ2v) is 5.37. The lowest BCUT2D eigenvalue weighted by Crippen LogP contribution is -3.10. The number of oxime groups is 1. The summed E-state index contributed by atoms with van der Waals surface area (Å²) in [5.74, 6) is 0.342. The number of carbonyl (C=O) groups excluding carboxylic acids is 1. The quantitative estimate of drug-likeness (QED) is 0.657. The van der Waals surface area contributed by atoms with Gasteiger partial charge in [0.2, 0.25) is 0 Å². The summed E-state index contributed by atoms with van der Waals surface area (Å²) in [6.07, 6.45) is 2.74. The van der Waals surface area contributed by atoms with Gasteiger partial charge in [-0.1, -0.05) is 12.1 Å². The highest BCUT2D eigenvalue weighted by molar-refractivity contribution is 5.91. The van der Waals surface area contributed by atoms with Crippen LogP contribution in [0.25, 0.3) is 0 Å². The molecule has 0 saturated carbocycles. The van der Waals surface area contributed by atoms with Gasteiger partial charge in [0.1, 0.15) is 5.75 Å². The van der Waals surface area contributed by atoms with Gasteiger partial charge < -0.3 is 14.5 Å². The number of benzene rings is 1. The molecule has 1 aromatic carbocycles. The average molecular weight is 291 g/mol. The van der Waals surface area contributed by atoms with Gasteiger partial charge in [-0.3, -0.25) is 0 Å². The second-order valence-electron chi connectivity index (χ2n) is 5.37. The number of nitrogens with zero attached hydrogens (tertiary/aromatic N) is 1. The van der Waals surface area contributed by atoms with Gasteiger partial charge in [0, 0.05) is 12.8 Å². The Morgan fingerprint density at radius 3 is 2.52 bits per heavy atom. The van der Waals surface area contributed by atoms with Crippen molar-refractivity contribution >= 4 is 11.7 Å². The minimum absolute atomic E-state index is 0.421. The van der Waals surface area contributed by atoms with E-state index >= 15 is 0 Å². The number of ether oxygens (including phenoxy) is 1. The molecule has 0 radical (unpaired) electrons. The van der Waals surface area contributed by atoms with E-state index in [9.17, 15) is 4.79 Å². The Morgan fingerprint density at radius 2 is 1.90 bits per heavy atom. The number of hydrogen-bond acceptors (Lipinski definition) is 4. The summed E-state index contributed by atoms with van der Waals surface area (Å²) in [5.41, 5.74) is 1.46. The topological polar surface area (TPSA) is 52.3 Å². The van der Waals surface area contributed by atoms with Crippen molar-refractivity contribution in [2.45, 2.75) is 26.2 Å². The molecule has 1 aliphatic heterocycles. The summed E-state index contributed by atoms with van der Waals surface area (Å²) in [7, 11) is 2.16. The molecule has 114 valence electrons. The molecule has 0 atom stereocenters. The van der Waals surface area contributed by atoms with Crippen LogP contribution in [0.15, 0.2) is 29.4 Å². The highest BCUT2D eigenvalue weighted by Gasteiger charge is 2.16. The van der Waals surface area contributed by atoms with Gasteiger partial charge in [-0.05, 0) is 30.7 Å². The first-order valence-electron chi connectivity index (χ1n) is 7.50. The highest BCUT2D eigenvalue weighted by Crippen LogP contribution is 2.13. The fourth-order valence-corrected chi connectivity index (χ4v) is 2.12. The average Bonchev–Trinajstić information content (AvgIpc) is 2.52. The Labute approximate surface area is 125 Å². The first-order valence-corrected chi connectivity index (χ1v) is 7.50. The third kappa shape index (κ3) is 4.86. The molecule has 0 amide bonds. The molecule has 0 unspecified atom stereocenters. The predicted molar refractivity (Wildman–Crippen MR) is 80.9 cm³/mol. The smallest absolute Gasteiger partial charge is 0.365 e. The van der Waals surface area contributed by atoms with Gasteiger partial charge in [-0.25, -0.2) is 4.79 Å². The summed E-state index contributed by atoms with van der Waals surface area (Å²) in [6, 6.07) is 6.95. The zero-order valence-corrected chi connectivity index (χ0v) is 12.7. The summed E-state index contributed by atoms with van der Waals surface area (Å²) >= 11 is 0. The number of piperidine rings is 1. The van der Waals surface area contributed by atoms with Crippen LogP contribution in [0.2, 0.25) is 0 Å². The molecule has 1 aliphatic rings. The molecule has 1 N–H and O–H groups in total. The summed E-state index contributed by atoms with van der Waals surface area (Å²) in [4.78, 5) is 18.4. The van der Waals surface area contributed by atoms with Crippen molar-refractivity contribution in [2.24, 2.45) is 5.16 Å². The Bertz CT molecular complexity index is 487. The van der Waals surface area contributed by atoms with Gasteiger partial charge >= 0.3 is 5.97 Å². The SMILES string of the molecule is CCCOc1ccc(C(=O)ON=C2CC[NH+](C)CC2)cc1. The number of carbonyl (C=O) groups is 1. The fraction of sp³-hybridized carbons (Fsp3) is 0.500. The fourth-order valence-electron chi connectivity index (χ4n) is 2.12. The Balaban J connectivity index is 1.86. The van der Waals surface area contributed by atoms with Crippen molar-refractivity contribution in [2.75, 3.05) is 26.7 Å². The van der Waals surface area contributed by atoms with Crippen molar-refractivity contribution in [3.8, 4) is 5.75 Å². The number of quaternary nitrogens is 1. The maximum absolute atomic E-state index is 11.9. The monoisotopic (exact) mass is 291 g/mol. The van der Waals surface area contributed by atoms with Crippen molar-refractivity contribution < 1.29 is 19.3 Å². The van der Waals surface area contributed by atoms with Crippen molar-refractivity contribution in [3.63, 3.8) is 0 Å². The lowest BCUT2D eigenvalue weighted by atomic mass is 10.1. The van der Waals surface area contributed by atoms with Gasteiger partial charge in [-0.2, -0.15) is 0 Å². The number of hydrogen-bond donors (Lipinski definition) is 1. The van der Waals surface area contributed by atoms with Gasteiger partial charge in [-0.15, -0.1) is 0 Å². The number of rotatable bonds is 5. The molecule has 21 heavy (non-hydrogen) atoms. The first-order chi connectivity index (χ1) is 10.2.